The van der Waals surface area contributed by atoms with Crippen LogP contribution in [0.1, 0.15) is 0 Å². The molecule has 2 aromatic carbocycles. The Labute approximate surface area is 192 Å². The minimum absolute atomic E-state index is 0.0940. The van der Waals surface area contributed by atoms with Gasteiger partial charge in [-0.2, -0.15) is 0 Å². The van der Waals surface area contributed by atoms with Crippen LogP contribution in [0.5, 0.6) is 0 Å². The number of benzene rings is 2. The highest BCUT2D eigenvalue weighted by atomic mass is 79.9. The Balaban J connectivity index is 2.11. The molecule has 1 amide bonds. The second-order valence-corrected chi connectivity index (χ2v) is 9.61. The molecule has 0 aromatic heterocycles. The number of carbonyl (C=O) groups is 2. The van der Waals surface area contributed by atoms with E-state index >= 15 is 0 Å². The molecule has 0 aliphatic carbocycles. The van der Waals surface area contributed by atoms with Gasteiger partial charge in [0.2, 0.25) is 0 Å². The van der Waals surface area contributed by atoms with Crippen molar-refractivity contribution in [3.05, 3.63) is 65.3 Å². The maximum Gasteiger partial charge on any atom is 0.329 e. The Bertz CT molecular complexity index is 1020. The van der Waals surface area contributed by atoms with Crippen LogP contribution in [0.4, 0.5) is 11.4 Å². The molecule has 138 valence electrons. The van der Waals surface area contributed by atoms with E-state index in [0.29, 0.717) is 16.5 Å². The Morgan fingerprint density at radius 2 is 1.63 bits per heavy atom. The summed E-state index contributed by atoms with van der Waals surface area (Å²) in [6.45, 7) is 0. The van der Waals surface area contributed by atoms with Crippen LogP contribution < -0.4 is 4.90 Å². The first-order valence-electron chi connectivity index (χ1n) is 7.22. The van der Waals surface area contributed by atoms with Gasteiger partial charge < -0.3 is 5.11 Å². The predicted molar refractivity (Wildman–Crippen MR) is 122 cm³/mol. The predicted octanol–water partition coefficient (Wildman–Crippen LogP) is 6.47. The third-order valence-electron chi connectivity index (χ3n) is 3.35. The molecule has 1 fully saturated rings. The first-order chi connectivity index (χ1) is 12.8. The molecule has 1 aliphatic rings. The van der Waals surface area contributed by atoms with Crippen molar-refractivity contribution in [1.82, 2.24) is 0 Å². The summed E-state index contributed by atoms with van der Waals surface area (Å²) in [6, 6.07) is 10.7. The number of amides is 1. The molecule has 1 aliphatic heterocycles. The van der Waals surface area contributed by atoms with Gasteiger partial charge in [0.05, 0.1) is 16.3 Å². The first-order valence-corrected chi connectivity index (χ1v) is 11.2. The summed E-state index contributed by atoms with van der Waals surface area (Å²) in [4.78, 5) is 29.9. The number of hydrogen-bond acceptors (Lipinski definition) is 4. The van der Waals surface area contributed by atoms with E-state index in [1.165, 1.54) is 4.90 Å². The quantitative estimate of drug-likeness (QED) is 0.391. The Hall–Kier alpha value is -0.940. The minimum Gasteiger partial charge on any atom is -0.478 e. The van der Waals surface area contributed by atoms with Gasteiger partial charge in [-0.25, -0.2) is 9.79 Å². The highest BCUT2D eigenvalue weighted by molar-refractivity contribution is 9.13. The zero-order valence-electron chi connectivity index (χ0n) is 13.1. The molecule has 1 heterocycles. The number of amidine groups is 1. The van der Waals surface area contributed by atoms with Gasteiger partial charge in [0, 0.05) is 24.0 Å². The minimum atomic E-state index is -1.18. The highest BCUT2D eigenvalue weighted by Gasteiger charge is 2.35. The van der Waals surface area contributed by atoms with E-state index in [1.807, 2.05) is 6.07 Å². The number of carbonyl (C=O) groups excluding carboxylic acids is 1. The van der Waals surface area contributed by atoms with Crippen LogP contribution in [0.2, 0.25) is 0 Å². The van der Waals surface area contributed by atoms with Gasteiger partial charge >= 0.3 is 5.97 Å². The van der Waals surface area contributed by atoms with Gasteiger partial charge in [-0.05, 0) is 112 Å². The number of aliphatic imine (C=N–C) groups is 1. The number of anilines is 1. The maximum absolute atomic E-state index is 12.8. The number of aliphatic carboxylic acids is 1. The van der Waals surface area contributed by atoms with Crippen LogP contribution in [0.15, 0.2) is 70.3 Å². The number of nitrogens with zero attached hydrogens (tertiary/aromatic N) is 2. The smallest absolute Gasteiger partial charge is 0.329 e. The molecule has 0 atom stereocenters. The molecule has 5 nitrogen and oxygen atoms in total. The summed E-state index contributed by atoms with van der Waals surface area (Å²) in [7, 11) is 0. The van der Waals surface area contributed by atoms with E-state index in [4.69, 9.17) is 5.11 Å². The fourth-order valence-corrected chi connectivity index (χ4v) is 4.37. The van der Waals surface area contributed by atoms with E-state index in [1.54, 1.807) is 30.3 Å². The van der Waals surface area contributed by atoms with Crippen molar-refractivity contribution in [3.63, 3.8) is 0 Å². The average Bonchev–Trinajstić information content (AvgIpc) is 2.88. The monoisotopic (exact) mass is 636 g/mol. The number of hydrogen-bond donors (Lipinski definition) is 1. The van der Waals surface area contributed by atoms with Crippen molar-refractivity contribution in [1.29, 1.82) is 0 Å². The number of rotatable bonds is 3. The van der Waals surface area contributed by atoms with E-state index in [0.717, 1.165) is 35.7 Å². The Morgan fingerprint density at radius 3 is 2.22 bits per heavy atom. The summed E-state index contributed by atoms with van der Waals surface area (Å²) < 4.78 is 3.29. The second kappa shape index (κ2) is 8.60. The molecule has 1 N–H and O–H groups in total. The largest absolute Gasteiger partial charge is 0.478 e. The van der Waals surface area contributed by atoms with Crippen LogP contribution in [0.25, 0.3) is 0 Å². The van der Waals surface area contributed by atoms with Gasteiger partial charge in [-0.1, -0.05) is 0 Å². The third-order valence-corrected chi connectivity index (χ3v) is 8.08. The normalized spacial score (nSPS) is 17.2. The van der Waals surface area contributed by atoms with Crippen molar-refractivity contribution < 1.29 is 14.7 Å². The topological polar surface area (TPSA) is 70.0 Å². The van der Waals surface area contributed by atoms with Crippen LogP contribution >= 0.6 is 75.5 Å². The summed E-state index contributed by atoms with van der Waals surface area (Å²) in [5.41, 5.74) is 1.20. The molecular formula is C17H8Br4N2O3S. The lowest BCUT2D eigenvalue weighted by atomic mass is 10.3. The van der Waals surface area contributed by atoms with E-state index < -0.39 is 11.9 Å². The summed E-state index contributed by atoms with van der Waals surface area (Å²) in [5.74, 6) is -1.62. The van der Waals surface area contributed by atoms with E-state index in [-0.39, 0.29) is 4.91 Å². The molecule has 0 bridgehead atoms. The maximum atomic E-state index is 12.8. The highest BCUT2D eigenvalue weighted by Crippen LogP contribution is 2.38. The van der Waals surface area contributed by atoms with Crippen LogP contribution in [-0.4, -0.2) is 22.2 Å². The van der Waals surface area contributed by atoms with E-state index in [2.05, 4.69) is 68.7 Å². The zero-order valence-corrected chi connectivity index (χ0v) is 20.3. The van der Waals surface area contributed by atoms with Crippen molar-refractivity contribution in [2.75, 3.05) is 4.90 Å². The van der Waals surface area contributed by atoms with Crippen molar-refractivity contribution in [3.8, 4) is 0 Å². The molecule has 0 saturated carbocycles. The molecule has 0 unspecified atom stereocenters. The standard InChI is InChI=1S/C17H8Br4N2O3S/c18-10-3-1-8(5-12(10)20)22-17-23(9-2-4-11(19)13(21)6-9)16(26)14(27-17)7-15(24)25/h1-7H,(H,24,25)/b14-7-,22-17+. The molecule has 3 rings (SSSR count). The molecule has 10 heteroatoms. The fourth-order valence-electron chi connectivity index (χ4n) is 2.18. The summed E-state index contributed by atoms with van der Waals surface area (Å²) in [5, 5.41) is 9.42. The number of carboxylic acid groups (broad SMARTS) is 1. The lowest BCUT2D eigenvalue weighted by Gasteiger charge is -2.16. The second-order valence-electron chi connectivity index (χ2n) is 5.18. The molecule has 0 spiro atoms. The van der Waals surface area contributed by atoms with Crippen molar-refractivity contribution >= 4 is 104 Å². The van der Waals surface area contributed by atoms with Crippen molar-refractivity contribution in [2.45, 2.75) is 0 Å². The van der Waals surface area contributed by atoms with Crippen LogP contribution in [-0.2, 0) is 9.59 Å². The summed E-state index contributed by atoms with van der Waals surface area (Å²) >= 11 is 14.7. The molecule has 1 saturated heterocycles. The lowest BCUT2D eigenvalue weighted by molar-refractivity contribution is -0.131. The molecule has 0 radical (unpaired) electrons. The van der Waals surface area contributed by atoms with Gasteiger partial charge in [0.15, 0.2) is 5.17 Å². The van der Waals surface area contributed by atoms with Gasteiger partial charge in [0.25, 0.3) is 5.91 Å². The number of carboxylic acids is 1. The van der Waals surface area contributed by atoms with Crippen LogP contribution in [0.3, 0.4) is 0 Å². The van der Waals surface area contributed by atoms with E-state index in [9.17, 15) is 9.59 Å². The zero-order chi connectivity index (χ0) is 19.7. The van der Waals surface area contributed by atoms with Crippen LogP contribution in [0, 0.1) is 0 Å². The SMILES string of the molecule is O=C(O)/C=C1\S/C(=N/c2ccc(Br)c(Br)c2)N(c2ccc(Br)c(Br)c2)C1=O. The Morgan fingerprint density at radius 1 is 1.00 bits per heavy atom. The van der Waals surface area contributed by atoms with Gasteiger partial charge in [0.1, 0.15) is 0 Å². The first kappa shape index (κ1) is 20.8. The average molecular weight is 640 g/mol. The molecular weight excluding hydrogens is 632 g/mol. The molecule has 27 heavy (non-hydrogen) atoms. The van der Waals surface area contributed by atoms with Gasteiger partial charge in [-0.3, -0.25) is 9.69 Å². The fraction of sp³-hybridized carbons (Fsp3) is 0. The third kappa shape index (κ3) is 4.73. The van der Waals surface area contributed by atoms with Gasteiger partial charge in [-0.15, -0.1) is 0 Å². The summed E-state index contributed by atoms with van der Waals surface area (Å²) in [6.07, 6.45) is 0.897. The lowest BCUT2D eigenvalue weighted by Crippen LogP contribution is -2.28. The molecule has 2 aromatic rings. The number of thioether (sulfide) groups is 1. The Kier molecular flexibility index (Phi) is 6.62. The van der Waals surface area contributed by atoms with Crippen molar-refractivity contribution in [2.24, 2.45) is 4.99 Å². The number of halogens is 4.